The number of imidazole rings is 1. The largest absolute Gasteiger partial charge is 0.494 e. The summed E-state index contributed by atoms with van der Waals surface area (Å²) in [4.78, 5) is 19.8. The van der Waals surface area contributed by atoms with E-state index in [-0.39, 0.29) is 11.8 Å². The second-order valence-electron chi connectivity index (χ2n) is 9.16. The van der Waals surface area contributed by atoms with Crippen LogP contribution in [-0.4, -0.2) is 35.2 Å². The molecule has 1 saturated heterocycles. The minimum Gasteiger partial charge on any atom is -0.494 e. The molecule has 7 heteroatoms. The number of amides is 1. The molecule has 0 spiro atoms. The Balaban J connectivity index is 1.37. The lowest BCUT2D eigenvalue weighted by Gasteiger charge is -2.18. The van der Waals surface area contributed by atoms with Crippen molar-refractivity contribution in [2.75, 3.05) is 24.7 Å². The summed E-state index contributed by atoms with van der Waals surface area (Å²) >= 11 is 6.31. The number of fused-ring (bicyclic) bond motifs is 1. The number of halogens is 1. The fourth-order valence-corrected chi connectivity index (χ4v) is 5.01. The molecule has 1 unspecified atom stereocenters. The fraction of sp³-hybridized carbons (Fsp3) is 0.310. The van der Waals surface area contributed by atoms with Gasteiger partial charge in [0.2, 0.25) is 5.91 Å². The van der Waals surface area contributed by atoms with E-state index in [2.05, 4.69) is 10.6 Å². The van der Waals surface area contributed by atoms with E-state index < -0.39 is 0 Å². The topological polar surface area (TPSA) is 56.6 Å². The molecule has 0 radical (unpaired) electrons. The Morgan fingerprint density at radius 1 is 1.00 bits per heavy atom. The lowest BCUT2D eigenvalue weighted by Crippen LogP contribution is -2.24. The molecular formula is C29H30ClN3O3. The van der Waals surface area contributed by atoms with Gasteiger partial charge in [-0.2, -0.15) is 0 Å². The van der Waals surface area contributed by atoms with Crippen molar-refractivity contribution in [3.8, 4) is 11.5 Å². The van der Waals surface area contributed by atoms with Gasteiger partial charge in [-0.25, -0.2) is 4.98 Å². The van der Waals surface area contributed by atoms with Gasteiger partial charge in [0.05, 0.1) is 24.2 Å². The van der Waals surface area contributed by atoms with Crippen LogP contribution in [0.1, 0.15) is 36.2 Å². The highest BCUT2D eigenvalue weighted by atomic mass is 35.5. The first-order valence-electron chi connectivity index (χ1n) is 12.3. The number of carbonyl (C=O) groups excluding carboxylic acids is 1. The Labute approximate surface area is 216 Å². The third kappa shape index (κ3) is 4.78. The second kappa shape index (κ2) is 10.2. The van der Waals surface area contributed by atoms with Gasteiger partial charge in [-0.1, -0.05) is 23.7 Å². The first-order valence-corrected chi connectivity index (χ1v) is 12.7. The number of hydrogen-bond donors (Lipinski definition) is 0. The van der Waals surface area contributed by atoms with Crippen molar-refractivity contribution in [2.45, 2.75) is 39.7 Å². The van der Waals surface area contributed by atoms with Crippen molar-refractivity contribution in [3.63, 3.8) is 0 Å². The molecule has 2 heterocycles. The van der Waals surface area contributed by atoms with E-state index >= 15 is 0 Å². The highest BCUT2D eigenvalue weighted by Gasteiger charge is 2.34. The average molecular weight is 504 g/mol. The van der Waals surface area contributed by atoms with E-state index in [0.29, 0.717) is 32.7 Å². The first-order chi connectivity index (χ1) is 17.4. The standard InChI is InChI=1S/C29H30ClN3O3/c1-4-35-23-11-9-22(10-12-23)33-18-21(17-27(33)34)29-31-25-7-5-6-8-26(25)32(29)13-14-36-24-15-19(2)28(30)20(3)16-24/h5-12,15-16,21H,4,13-14,17-18H2,1-3H3. The third-order valence-corrected chi connectivity index (χ3v) is 7.22. The smallest absolute Gasteiger partial charge is 0.227 e. The van der Waals surface area contributed by atoms with Crippen LogP contribution in [0, 0.1) is 13.8 Å². The molecule has 1 amide bonds. The van der Waals surface area contributed by atoms with Crippen molar-refractivity contribution in [3.05, 3.63) is 82.6 Å². The number of aromatic nitrogens is 2. The number of hydrogen-bond acceptors (Lipinski definition) is 4. The summed E-state index contributed by atoms with van der Waals surface area (Å²) in [7, 11) is 0. The minimum atomic E-state index is -0.00325. The third-order valence-electron chi connectivity index (χ3n) is 6.63. The summed E-state index contributed by atoms with van der Waals surface area (Å²) in [6.45, 7) is 8.24. The Bertz CT molecular complexity index is 1370. The Morgan fingerprint density at radius 2 is 1.72 bits per heavy atom. The van der Waals surface area contributed by atoms with Crippen molar-refractivity contribution in [1.29, 1.82) is 0 Å². The zero-order chi connectivity index (χ0) is 25.2. The van der Waals surface area contributed by atoms with Crippen LogP contribution in [0.5, 0.6) is 11.5 Å². The zero-order valence-corrected chi connectivity index (χ0v) is 21.6. The number of nitrogens with zero attached hydrogens (tertiary/aromatic N) is 3. The Morgan fingerprint density at radius 3 is 2.44 bits per heavy atom. The molecule has 1 aromatic heterocycles. The number of rotatable bonds is 8. The van der Waals surface area contributed by atoms with Crippen LogP contribution in [0.15, 0.2) is 60.7 Å². The van der Waals surface area contributed by atoms with Crippen LogP contribution in [0.25, 0.3) is 11.0 Å². The Hall–Kier alpha value is -3.51. The average Bonchev–Trinajstić information content (AvgIpc) is 3.44. The van der Waals surface area contributed by atoms with Crippen LogP contribution >= 0.6 is 11.6 Å². The summed E-state index contributed by atoms with van der Waals surface area (Å²) in [5.74, 6) is 2.63. The molecule has 1 aliphatic rings. The van der Waals surface area contributed by atoms with Crippen LogP contribution in [0.4, 0.5) is 5.69 Å². The molecule has 4 aromatic rings. The van der Waals surface area contributed by atoms with Crippen molar-refractivity contribution in [1.82, 2.24) is 9.55 Å². The van der Waals surface area contributed by atoms with Crippen LogP contribution in [0.2, 0.25) is 5.02 Å². The zero-order valence-electron chi connectivity index (χ0n) is 20.8. The van der Waals surface area contributed by atoms with Gasteiger partial charge in [0, 0.05) is 29.6 Å². The van der Waals surface area contributed by atoms with E-state index in [1.807, 2.05) is 80.3 Å². The summed E-state index contributed by atoms with van der Waals surface area (Å²) in [5.41, 5.74) is 4.85. The van der Waals surface area contributed by atoms with E-state index in [0.717, 1.165) is 50.2 Å². The maximum absolute atomic E-state index is 13.0. The molecule has 6 nitrogen and oxygen atoms in total. The van der Waals surface area contributed by atoms with Crippen LogP contribution in [-0.2, 0) is 11.3 Å². The second-order valence-corrected chi connectivity index (χ2v) is 9.54. The van der Waals surface area contributed by atoms with Crippen molar-refractivity contribution < 1.29 is 14.3 Å². The molecule has 36 heavy (non-hydrogen) atoms. The number of aryl methyl sites for hydroxylation is 2. The molecule has 0 bridgehead atoms. The molecule has 186 valence electrons. The molecule has 1 aliphatic heterocycles. The molecule has 0 N–H and O–H groups in total. The number of benzene rings is 3. The van der Waals surface area contributed by atoms with Gasteiger partial charge in [-0.15, -0.1) is 0 Å². The minimum absolute atomic E-state index is 0.00325. The van der Waals surface area contributed by atoms with Gasteiger partial charge in [-0.3, -0.25) is 4.79 Å². The van der Waals surface area contributed by atoms with Gasteiger partial charge in [0.1, 0.15) is 23.9 Å². The predicted molar refractivity (Wildman–Crippen MR) is 143 cm³/mol. The fourth-order valence-electron chi connectivity index (χ4n) is 4.90. The van der Waals surface area contributed by atoms with E-state index in [4.69, 9.17) is 26.1 Å². The molecule has 3 aromatic carbocycles. The maximum atomic E-state index is 13.0. The quantitative estimate of drug-likeness (QED) is 0.283. The van der Waals surface area contributed by atoms with Gasteiger partial charge < -0.3 is 18.9 Å². The summed E-state index contributed by atoms with van der Waals surface area (Å²) in [6, 6.07) is 19.7. The van der Waals surface area contributed by atoms with E-state index in [1.54, 1.807) is 0 Å². The summed E-state index contributed by atoms with van der Waals surface area (Å²) in [5, 5.41) is 0.772. The molecule has 5 rings (SSSR count). The van der Waals surface area contributed by atoms with Crippen LogP contribution in [0.3, 0.4) is 0 Å². The first kappa shape index (κ1) is 24.2. The number of para-hydroxylation sites is 2. The summed E-state index contributed by atoms with van der Waals surface area (Å²) in [6.07, 6.45) is 0.424. The predicted octanol–water partition coefficient (Wildman–Crippen LogP) is 6.30. The number of carbonyl (C=O) groups is 1. The summed E-state index contributed by atoms with van der Waals surface area (Å²) < 4.78 is 13.9. The van der Waals surface area contributed by atoms with Gasteiger partial charge >= 0.3 is 0 Å². The molecule has 1 atom stereocenters. The molecule has 1 fully saturated rings. The van der Waals surface area contributed by atoms with E-state index in [1.165, 1.54) is 0 Å². The van der Waals surface area contributed by atoms with Crippen molar-refractivity contribution in [2.24, 2.45) is 0 Å². The molecular weight excluding hydrogens is 474 g/mol. The van der Waals surface area contributed by atoms with Crippen LogP contribution < -0.4 is 14.4 Å². The van der Waals surface area contributed by atoms with E-state index in [9.17, 15) is 4.79 Å². The lowest BCUT2D eigenvalue weighted by molar-refractivity contribution is -0.117. The van der Waals surface area contributed by atoms with Gasteiger partial charge in [-0.05, 0) is 80.4 Å². The highest BCUT2D eigenvalue weighted by Crippen LogP contribution is 2.34. The number of ether oxygens (including phenoxy) is 2. The monoisotopic (exact) mass is 503 g/mol. The highest BCUT2D eigenvalue weighted by molar-refractivity contribution is 6.32. The number of anilines is 1. The van der Waals surface area contributed by atoms with Gasteiger partial charge in [0.15, 0.2) is 0 Å². The lowest BCUT2D eigenvalue weighted by atomic mass is 10.1. The van der Waals surface area contributed by atoms with Gasteiger partial charge in [0.25, 0.3) is 0 Å². The Kier molecular flexibility index (Phi) is 6.88. The SMILES string of the molecule is CCOc1ccc(N2CC(c3nc4ccccc4n3CCOc3cc(C)c(Cl)c(C)c3)CC2=O)cc1. The molecule has 0 aliphatic carbocycles. The maximum Gasteiger partial charge on any atom is 0.227 e. The van der Waals surface area contributed by atoms with Crippen molar-refractivity contribution >= 4 is 34.2 Å². The molecule has 0 saturated carbocycles. The normalized spacial score (nSPS) is 15.6.